The Balaban J connectivity index is 1.51. The zero-order valence-electron chi connectivity index (χ0n) is 14.7. The summed E-state index contributed by atoms with van der Waals surface area (Å²) < 4.78 is 1.80. The molecule has 4 heterocycles. The number of anilines is 1. The van der Waals surface area contributed by atoms with Crippen LogP contribution in [0.2, 0.25) is 0 Å². The van der Waals surface area contributed by atoms with Crippen molar-refractivity contribution < 1.29 is 4.79 Å². The number of aromatic nitrogens is 4. The Morgan fingerprint density at radius 2 is 2.26 bits per heavy atom. The molecule has 1 fully saturated rings. The van der Waals surface area contributed by atoms with Gasteiger partial charge in [0.1, 0.15) is 12.2 Å². The van der Waals surface area contributed by atoms with Gasteiger partial charge >= 0.3 is 0 Å². The van der Waals surface area contributed by atoms with Crippen molar-refractivity contribution in [3.05, 3.63) is 43.0 Å². The molecular formula is C19H19N7O. The number of carbonyl (C=O) groups excluding carboxylic acids is 1. The van der Waals surface area contributed by atoms with Crippen LogP contribution in [0.25, 0.3) is 16.8 Å². The molecule has 1 aliphatic heterocycles. The fourth-order valence-corrected chi connectivity index (χ4v) is 3.41. The molecule has 0 saturated carbocycles. The average molecular weight is 361 g/mol. The fraction of sp³-hybridized carbons (Fsp3) is 0.316. The van der Waals surface area contributed by atoms with Crippen LogP contribution in [-0.4, -0.2) is 49.5 Å². The third-order valence-corrected chi connectivity index (χ3v) is 4.69. The highest BCUT2D eigenvalue weighted by Crippen LogP contribution is 2.23. The van der Waals surface area contributed by atoms with E-state index < -0.39 is 0 Å². The van der Waals surface area contributed by atoms with E-state index in [1.807, 2.05) is 30.5 Å². The Bertz CT molecular complexity index is 1010. The zero-order valence-corrected chi connectivity index (χ0v) is 14.7. The molecule has 1 N–H and O–H groups in total. The molecule has 0 aliphatic carbocycles. The Morgan fingerprint density at radius 1 is 1.33 bits per heavy atom. The van der Waals surface area contributed by atoms with E-state index in [-0.39, 0.29) is 18.4 Å². The molecular weight excluding hydrogens is 342 g/mol. The van der Waals surface area contributed by atoms with Gasteiger partial charge in [-0.2, -0.15) is 10.4 Å². The second-order valence-electron chi connectivity index (χ2n) is 6.54. The van der Waals surface area contributed by atoms with Crippen molar-refractivity contribution in [2.45, 2.75) is 25.3 Å². The van der Waals surface area contributed by atoms with Crippen molar-refractivity contribution >= 4 is 17.2 Å². The lowest BCUT2D eigenvalue weighted by atomic mass is 10.1. The summed E-state index contributed by atoms with van der Waals surface area (Å²) in [7, 11) is 0. The minimum absolute atomic E-state index is 0.0727. The van der Waals surface area contributed by atoms with Crippen molar-refractivity contribution in [3.8, 4) is 17.3 Å². The molecule has 0 bridgehead atoms. The van der Waals surface area contributed by atoms with E-state index in [2.05, 4.69) is 20.4 Å². The first-order chi connectivity index (χ1) is 13.2. The number of pyridine rings is 1. The summed E-state index contributed by atoms with van der Waals surface area (Å²) in [5.41, 5.74) is 2.63. The van der Waals surface area contributed by atoms with Crippen LogP contribution in [0.3, 0.4) is 0 Å². The van der Waals surface area contributed by atoms with Crippen LogP contribution in [0.5, 0.6) is 0 Å². The van der Waals surface area contributed by atoms with Gasteiger partial charge in [0, 0.05) is 30.9 Å². The molecule has 0 aromatic carbocycles. The highest BCUT2D eigenvalue weighted by Gasteiger charge is 2.23. The number of likely N-dealkylation sites (tertiary alicyclic amines) is 1. The SMILES string of the molecule is N#CCC(=O)N1CCCC(Nc2cncc(-c3cnn4ccccc34)n2)C1. The lowest BCUT2D eigenvalue weighted by Gasteiger charge is -2.33. The molecule has 3 aromatic heterocycles. The summed E-state index contributed by atoms with van der Waals surface area (Å²) in [5.74, 6) is 0.553. The first-order valence-corrected chi connectivity index (χ1v) is 8.90. The Kier molecular flexibility index (Phi) is 4.66. The molecule has 8 heteroatoms. The largest absolute Gasteiger partial charge is 0.364 e. The number of amides is 1. The maximum absolute atomic E-state index is 12.0. The molecule has 0 spiro atoms. The molecule has 3 aromatic rings. The Labute approximate surface area is 156 Å². The molecule has 1 amide bonds. The maximum atomic E-state index is 12.0. The molecule has 1 atom stereocenters. The van der Waals surface area contributed by atoms with Gasteiger partial charge in [-0.1, -0.05) is 6.07 Å². The highest BCUT2D eigenvalue weighted by atomic mass is 16.2. The van der Waals surface area contributed by atoms with Crippen LogP contribution in [0.15, 0.2) is 43.0 Å². The van der Waals surface area contributed by atoms with Gasteiger partial charge in [-0.25, -0.2) is 9.50 Å². The predicted octanol–water partition coefficient (Wildman–Crippen LogP) is 2.11. The third-order valence-electron chi connectivity index (χ3n) is 4.69. The first-order valence-electron chi connectivity index (χ1n) is 8.90. The third kappa shape index (κ3) is 3.58. The van der Waals surface area contributed by atoms with Crippen LogP contribution in [0, 0.1) is 11.3 Å². The van der Waals surface area contributed by atoms with E-state index in [0.29, 0.717) is 18.9 Å². The number of nitrogens with zero attached hydrogens (tertiary/aromatic N) is 6. The van der Waals surface area contributed by atoms with Gasteiger partial charge in [-0.05, 0) is 25.0 Å². The first kappa shape index (κ1) is 17.0. The molecule has 1 saturated heterocycles. The fourth-order valence-electron chi connectivity index (χ4n) is 3.41. The number of fused-ring (bicyclic) bond motifs is 1. The van der Waals surface area contributed by atoms with Gasteiger partial charge in [-0.15, -0.1) is 0 Å². The van der Waals surface area contributed by atoms with Crippen molar-refractivity contribution in [1.29, 1.82) is 5.26 Å². The van der Waals surface area contributed by atoms with Crippen LogP contribution in [0.4, 0.5) is 5.82 Å². The van der Waals surface area contributed by atoms with Crippen LogP contribution in [-0.2, 0) is 4.79 Å². The number of nitrogens with one attached hydrogen (secondary N) is 1. The number of hydrogen-bond acceptors (Lipinski definition) is 6. The highest BCUT2D eigenvalue weighted by molar-refractivity contribution is 5.78. The van der Waals surface area contributed by atoms with Crippen molar-refractivity contribution in [2.24, 2.45) is 0 Å². The summed E-state index contributed by atoms with van der Waals surface area (Å²) in [6.45, 7) is 1.27. The maximum Gasteiger partial charge on any atom is 0.236 e. The van der Waals surface area contributed by atoms with E-state index in [4.69, 9.17) is 5.26 Å². The average Bonchev–Trinajstić information content (AvgIpc) is 3.13. The summed E-state index contributed by atoms with van der Waals surface area (Å²) in [6, 6.07) is 7.90. The normalized spacial score (nSPS) is 16.9. The van der Waals surface area contributed by atoms with Gasteiger partial charge in [-0.3, -0.25) is 9.78 Å². The predicted molar refractivity (Wildman–Crippen MR) is 99.7 cm³/mol. The van der Waals surface area contributed by atoms with Gasteiger partial charge in [0.25, 0.3) is 0 Å². The number of carbonyl (C=O) groups is 1. The second-order valence-corrected chi connectivity index (χ2v) is 6.54. The molecule has 1 aliphatic rings. The summed E-state index contributed by atoms with van der Waals surface area (Å²) in [4.78, 5) is 22.7. The molecule has 136 valence electrons. The summed E-state index contributed by atoms with van der Waals surface area (Å²) in [6.07, 6.45) is 8.85. The number of nitriles is 1. The minimum Gasteiger partial charge on any atom is -0.364 e. The zero-order chi connectivity index (χ0) is 18.6. The molecule has 4 rings (SSSR count). The molecule has 8 nitrogen and oxygen atoms in total. The quantitative estimate of drug-likeness (QED) is 0.764. The van der Waals surface area contributed by atoms with E-state index in [9.17, 15) is 4.79 Å². The van der Waals surface area contributed by atoms with Gasteiger partial charge in [0.2, 0.25) is 5.91 Å². The minimum atomic E-state index is -0.116. The van der Waals surface area contributed by atoms with Crippen molar-refractivity contribution in [3.63, 3.8) is 0 Å². The monoisotopic (exact) mass is 361 g/mol. The second kappa shape index (κ2) is 7.41. The van der Waals surface area contributed by atoms with Gasteiger partial charge in [0.05, 0.1) is 35.9 Å². The Hall–Kier alpha value is -3.47. The van der Waals surface area contributed by atoms with Crippen LogP contribution in [0.1, 0.15) is 19.3 Å². The number of piperidine rings is 1. The number of hydrogen-bond donors (Lipinski definition) is 1. The topological polar surface area (TPSA) is 99.2 Å². The van der Waals surface area contributed by atoms with Gasteiger partial charge < -0.3 is 10.2 Å². The summed E-state index contributed by atoms with van der Waals surface area (Å²) in [5, 5.41) is 16.5. The molecule has 27 heavy (non-hydrogen) atoms. The van der Waals surface area contributed by atoms with E-state index in [1.165, 1.54) is 0 Å². The molecule has 1 unspecified atom stereocenters. The number of rotatable bonds is 4. The van der Waals surface area contributed by atoms with E-state index in [1.54, 1.807) is 28.0 Å². The van der Waals surface area contributed by atoms with E-state index in [0.717, 1.165) is 29.6 Å². The van der Waals surface area contributed by atoms with Crippen LogP contribution >= 0.6 is 0 Å². The standard InChI is InChI=1S/C19H19N7O/c20-7-6-19(27)25-8-3-4-14(13-25)23-18-12-21-11-16(24-18)15-10-22-26-9-2-1-5-17(15)26/h1-2,5,9-12,14H,3-4,6,8,13H2,(H,23,24). The van der Waals surface area contributed by atoms with E-state index >= 15 is 0 Å². The van der Waals surface area contributed by atoms with Crippen molar-refractivity contribution in [2.75, 3.05) is 18.4 Å². The van der Waals surface area contributed by atoms with Gasteiger partial charge in [0.15, 0.2) is 0 Å². The lowest BCUT2D eigenvalue weighted by Crippen LogP contribution is -2.45. The smallest absolute Gasteiger partial charge is 0.236 e. The van der Waals surface area contributed by atoms with Crippen molar-refractivity contribution in [1.82, 2.24) is 24.5 Å². The Morgan fingerprint density at radius 3 is 3.15 bits per heavy atom. The lowest BCUT2D eigenvalue weighted by molar-refractivity contribution is -0.131. The van der Waals surface area contributed by atoms with Crippen LogP contribution < -0.4 is 5.32 Å². The summed E-state index contributed by atoms with van der Waals surface area (Å²) >= 11 is 0. The molecule has 0 radical (unpaired) electrons.